The SMILES string of the molecule is COc1ccc(NC(=O)CN2C(=O)S/C(=C\c3cc(C)n(-c4cccnc4)c3C)C2=O)cc1. The second-order valence-electron chi connectivity index (χ2n) is 7.42. The molecule has 0 spiro atoms. The Labute approximate surface area is 195 Å². The highest BCUT2D eigenvalue weighted by Gasteiger charge is 2.36. The lowest BCUT2D eigenvalue weighted by molar-refractivity contribution is -0.127. The van der Waals surface area contributed by atoms with Crippen LogP contribution < -0.4 is 10.1 Å². The van der Waals surface area contributed by atoms with Crippen molar-refractivity contribution in [3.8, 4) is 11.4 Å². The van der Waals surface area contributed by atoms with Crippen molar-refractivity contribution in [1.82, 2.24) is 14.5 Å². The first-order valence-corrected chi connectivity index (χ1v) is 11.0. The molecule has 33 heavy (non-hydrogen) atoms. The molecule has 0 unspecified atom stereocenters. The van der Waals surface area contributed by atoms with Gasteiger partial charge in [0.2, 0.25) is 5.91 Å². The molecule has 0 bridgehead atoms. The van der Waals surface area contributed by atoms with Crippen LogP contribution in [0.1, 0.15) is 17.0 Å². The number of pyridine rings is 1. The van der Waals surface area contributed by atoms with E-state index >= 15 is 0 Å². The number of aryl methyl sites for hydroxylation is 1. The summed E-state index contributed by atoms with van der Waals surface area (Å²) in [5.41, 5.74) is 4.18. The summed E-state index contributed by atoms with van der Waals surface area (Å²) in [7, 11) is 1.55. The second kappa shape index (κ2) is 9.33. The summed E-state index contributed by atoms with van der Waals surface area (Å²) in [6, 6.07) is 12.5. The molecule has 168 valence electrons. The van der Waals surface area contributed by atoms with Crippen LogP contribution in [0.5, 0.6) is 5.75 Å². The van der Waals surface area contributed by atoms with Crippen molar-refractivity contribution < 1.29 is 19.1 Å². The van der Waals surface area contributed by atoms with E-state index in [2.05, 4.69) is 10.3 Å². The van der Waals surface area contributed by atoms with Gasteiger partial charge in [0.15, 0.2) is 0 Å². The molecule has 4 rings (SSSR count). The maximum absolute atomic E-state index is 12.9. The van der Waals surface area contributed by atoms with E-state index < -0.39 is 17.1 Å². The molecule has 0 aliphatic carbocycles. The molecule has 0 atom stereocenters. The third-order valence-corrected chi connectivity index (χ3v) is 6.12. The number of amides is 3. The number of anilines is 1. The monoisotopic (exact) mass is 462 g/mol. The van der Waals surface area contributed by atoms with Gasteiger partial charge in [0.25, 0.3) is 11.1 Å². The lowest BCUT2D eigenvalue weighted by Gasteiger charge is -2.12. The second-order valence-corrected chi connectivity index (χ2v) is 8.41. The Balaban J connectivity index is 1.49. The Bertz CT molecular complexity index is 1250. The van der Waals surface area contributed by atoms with E-state index in [9.17, 15) is 14.4 Å². The average Bonchev–Trinajstić information content (AvgIpc) is 3.24. The number of imide groups is 1. The van der Waals surface area contributed by atoms with Gasteiger partial charge >= 0.3 is 0 Å². The Morgan fingerprint density at radius 1 is 1.18 bits per heavy atom. The van der Waals surface area contributed by atoms with E-state index in [1.807, 2.05) is 36.6 Å². The minimum absolute atomic E-state index is 0.281. The molecule has 2 aromatic heterocycles. The molecular formula is C24H22N4O4S. The number of carbonyl (C=O) groups excluding carboxylic acids is 3. The van der Waals surface area contributed by atoms with Gasteiger partial charge in [-0.1, -0.05) is 0 Å². The van der Waals surface area contributed by atoms with Crippen LogP contribution in [0, 0.1) is 13.8 Å². The molecule has 1 fully saturated rings. The Morgan fingerprint density at radius 3 is 2.61 bits per heavy atom. The Kier molecular flexibility index (Phi) is 6.32. The van der Waals surface area contributed by atoms with Gasteiger partial charge < -0.3 is 14.6 Å². The highest BCUT2D eigenvalue weighted by molar-refractivity contribution is 8.18. The van der Waals surface area contributed by atoms with E-state index in [-0.39, 0.29) is 11.4 Å². The molecule has 1 N–H and O–H groups in total. The van der Waals surface area contributed by atoms with E-state index in [4.69, 9.17) is 4.74 Å². The summed E-state index contributed by atoms with van der Waals surface area (Å²) in [6.07, 6.45) is 5.17. The molecular weight excluding hydrogens is 440 g/mol. The molecule has 1 aliphatic heterocycles. The molecule has 1 aliphatic rings. The van der Waals surface area contributed by atoms with Gasteiger partial charge in [0.1, 0.15) is 12.3 Å². The normalized spacial score (nSPS) is 14.8. The number of hydrogen-bond acceptors (Lipinski definition) is 6. The topological polar surface area (TPSA) is 93.5 Å². The van der Waals surface area contributed by atoms with Gasteiger partial charge in [-0.2, -0.15) is 0 Å². The first-order chi connectivity index (χ1) is 15.9. The van der Waals surface area contributed by atoms with Crippen molar-refractivity contribution in [3.05, 3.63) is 76.7 Å². The van der Waals surface area contributed by atoms with E-state index in [1.165, 1.54) is 0 Å². The van der Waals surface area contributed by atoms with E-state index in [0.717, 1.165) is 39.3 Å². The lowest BCUT2D eigenvalue weighted by Crippen LogP contribution is -2.36. The predicted octanol–water partition coefficient (Wildman–Crippen LogP) is 4.17. The van der Waals surface area contributed by atoms with Gasteiger partial charge in [0.05, 0.1) is 23.9 Å². The number of methoxy groups -OCH3 is 1. The molecule has 3 amide bonds. The van der Waals surface area contributed by atoms with Crippen LogP contribution in [-0.4, -0.2) is 45.2 Å². The average molecular weight is 463 g/mol. The zero-order valence-corrected chi connectivity index (χ0v) is 19.2. The third-order valence-electron chi connectivity index (χ3n) is 5.21. The van der Waals surface area contributed by atoms with Gasteiger partial charge in [-0.15, -0.1) is 0 Å². The number of ether oxygens (including phenoxy) is 1. The van der Waals surface area contributed by atoms with E-state index in [1.54, 1.807) is 49.8 Å². The fourth-order valence-electron chi connectivity index (χ4n) is 3.61. The Hall–Kier alpha value is -3.85. The molecule has 1 aromatic carbocycles. The first-order valence-electron chi connectivity index (χ1n) is 10.2. The van der Waals surface area contributed by atoms with Crippen molar-refractivity contribution in [2.24, 2.45) is 0 Å². The number of aromatic nitrogens is 2. The largest absolute Gasteiger partial charge is 0.497 e. The fourth-order valence-corrected chi connectivity index (χ4v) is 4.44. The van der Waals surface area contributed by atoms with Gasteiger partial charge in [0, 0.05) is 23.3 Å². The standard InChI is InChI=1S/C24H22N4O4S/c1-15-11-17(16(2)28(15)19-5-4-10-25-13-19)12-21-23(30)27(24(31)33-21)14-22(29)26-18-6-8-20(32-3)9-7-18/h4-13H,14H2,1-3H3,(H,26,29)/b21-12-. The van der Waals surface area contributed by atoms with Crippen molar-refractivity contribution in [3.63, 3.8) is 0 Å². The first kappa shape index (κ1) is 22.3. The van der Waals surface area contributed by atoms with E-state index in [0.29, 0.717) is 11.4 Å². The summed E-state index contributed by atoms with van der Waals surface area (Å²) in [6.45, 7) is 3.55. The van der Waals surface area contributed by atoms with Crippen LogP contribution in [-0.2, 0) is 9.59 Å². The van der Waals surface area contributed by atoms with Gasteiger partial charge in [-0.25, -0.2) is 0 Å². The molecule has 9 heteroatoms. The highest BCUT2D eigenvalue weighted by Crippen LogP contribution is 2.33. The molecule has 3 aromatic rings. The predicted molar refractivity (Wildman–Crippen MR) is 127 cm³/mol. The minimum Gasteiger partial charge on any atom is -0.497 e. The van der Waals surface area contributed by atoms with Gasteiger partial charge in [-0.3, -0.25) is 24.3 Å². The maximum Gasteiger partial charge on any atom is 0.294 e. The van der Waals surface area contributed by atoms with Crippen molar-refractivity contribution >= 4 is 40.6 Å². The molecule has 0 saturated carbocycles. The summed E-state index contributed by atoms with van der Waals surface area (Å²) < 4.78 is 7.12. The number of hydrogen-bond donors (Lipinski definition) is 1. The summed E-state index contributed by atoms with van der Waals surface area (Å²) in [4.78, 5) is 43.1. The summed E-state index contributed by atoms with van der Waals surface area (Å²) in [5.74, 6) is -0.286. The summed E-state index contributed by atoms with van der Waals surface area (Å²) in [5, 5.41) is 2.21. The van der Waals surface area contributed by atoms with Crippen LogP contribution >= 0.6 is 11.8 Å². The zero-order valence-electron chi connectivity index (χ0n) is 18.4. The van der Waals surface area contributed by atoms with Crippen molar-refractivity contribution in [1.29, 1.82) is 0 Å². The third kappa shape index (κ3) is 4.68. The number of nitrogens with zero attached hydrogens (tertiary/aromatic N) is 3. The number of carbonyl (C=O) groups is 3. The van der Waals surface area contributed by atoms with Crippen LogP contribution in [0.15, 0.2) is 59.8 Å². The number of rotatable bonds is 6. The van der Waals surface area contributed by atoms with Crippen LogP contribution in [0.4, 0.5) is 10.5 Å². The van der Waals surface area contributed by atoms with Crippen molar-refractivity contribution in [2.75, 3.05) is 19.0 Å². The van der Waals surface area contributed by atoms with Crippen LogP contribution in [0.2, 0.25) is 0 Å². The lowest BCUT2D eigenvalue weighted by atomic mass is 10.2. The molecule has 1 saturated heterocycles. The molecule has 3 heterocycles. The smallest absolute Gasteiger partial charge is 0.294 e. The zero-order chi connectivity index (χ0) is 23.5. The Morgan fingerprint density at radius 2 is 1.94 bits per heavy atom. The number of nitrogens with one attached hydrogen (secondary N) is 1. The maximum atomic E-state index is 12.9. The van der Waals surface area contributed by atoms with Crippen LogP contribution in [0.3, 0.4) is 0 Å². The fraction of sp³-hybridized carbons (Fsp3) is 0.167. The van der Waals surface area contributed by atoms with Crippen molar-refractivity contribution in [2.45, 2.75) is 13.8 Å². The minimum atomic E-state index is -0.485. The van der Waals surface area contributed by atoms with Crippen LogP contribution in [0.25, 0.3) is 11.8 Å². The summed E-state index contributed by atoms with van der Waals surface area (Å²) >= 11 is 0.830. The molecule has 8 nitrogen and oxygen atoms in total. The quantitative estimate of drug-likeness (QED) is 0.553. The van der Waals surface area contributed by atoms with Gasteiger partial charge in [-0.05, 0) is 79.7 Å². The molecule has 0 radical (unpaired) electrons. The highest BCUT2D eigenvalue weighted by atomic mass is 32.2. The number of thioether (sulfide) groups is 1. The number of benzene rings is 1.